The number of ether oxygens (including phenoxy) is 1. The molecule has 0 aromatic heterocycles. The van der Waals surface area contributed by atoms with Crippen LogP contribution in [0.25, 0.3) is 0 Å². The number of benzene rings is 1. The Morgan fingerprint density at radius 1 is 1.30 bits per heavy atom. The fourth-order valence-corrected chi connectivity index (χ4v) is 2.06. The van der Waals surface area contributed by atoms with Gasteiger partial charge < -0.3 is 15.4 Å². The van der Waals surface area contributed by atoms with Crippen LogP contribution in [0.5, 0.6) is 5.75 Å². The van der Waals surface area contributed by atoms with Crippen molar-refractivity contribution in [2.75, 3.05) is 20.2 Å². The summed E-state index contributed by atoms with van der Waals surface area (Å²) < 4.78 is 5.45. The number of hydrogen-bond acceptors (Lipinski definition) is 3. The quantitative estimate of drug-likeness (QED) is 0.779. The Kier molecular flexibility index (Phi) is 7.05. The van der Waals surface area contributed by atoms with Crippen molar-refractivity contribution in [3.05, 3.63) is 28.2 Å². The highest BCUT2D eigenvalue weighted by Gasteiger charge is 2.09. The van der Waals surface area contributed by atoms with E-state index >= 15 is 0 Å². The molecule has 0 radical (unpaired) electrons. The normalized spacial score (nSPS) is 10.2. The molecule has 0 bridgehead atoms. The molecule has 1 aromatic carbocycles. The van der Waals surface area contributed by atoms with Gasteiger partial charge in [0.1, 0.15) is 5.75 Å². The third-order valence-corrected chi connectivity index (χ3v) is 3.18. The van der Waals surface area contributed by atoms with Crippen LogP contribution in [-0.2, 0) is 4.79 Å². The van der Waals surface area contributed by atoms with Crippen molar-refractivity contribution in [2.24, 2.45) is 5.73 Å². The maximum Gasteiger partial charge on any atom is 0.225 e. The summed E-state index contributed by atoms with van der Waals surface area (Å²) in [4.78, 5) is 13.8. The number of thiocarbonyl (C=S) groups is 1. The lowest BCUT2D eigenvalue weighted by Gasteiger charge is -2.16. The molecule has 2 N–H and O–H groups in total. The Labute approximate surface area is 133 Å². The maximum atomic E-state index is 11.8. The molecule has 0 heterocycles. The van der Waals surface area contributed by atoms with Gasteiger partial charge >= 0.3 is 0 Å². The first-order valence-corrected chi connectivity index (χ1v) is 7.16. The number of hydrogen-bond donors (Lipinski definition) is 1. The summed E-state index contributed by atoms with van der Waals surface area (Å²) >= 11 is 16.5. The predicted octanol–water partition coefficient (Wildman–Crippen LogP) is 2.90. The first-order valence-electron chi connectivity index (χ1n) is 5.99. The summed E-state index contributed by atoms with van der Waals surface area (Å²) in [6.45, 7) is 0.768. The smallest absolute Gasteiger partial charge is 0.225 e. The summed E-state index contributed by atoms with van der Waals surface area (Å²) in [5.74, 6) is 0.510. The number of nitrogens with two attached hydrogens (primary N) is 1. The van der Waals surface area contributed by atoms with Gasteiger partial charge in [-0.3, -0.25) is 4.79 Å². The van der Waals surface area contributed by atoms with E-state index in [1.54, 1.807) is 30.1 Å². The Hall–Kier alpha value is -1.04. The number of carbonyl (C=O) groups excluding carboxylic acids is 1. The van der Waals surface area contributed by atoms with Crippen LogP contribution in [0.15, 0.2) is 18.2 Å². The third kappa shape index (κ3) is 6.41. The molecular formula is C13H16Cl2N2O2S. The van der Waals surface area contributed by atoms with E-state index in [1.165, 1.54) is 0 Å². The van der Waals surface area contributed by atoms with Gasteiger partial charge in [-0.05, 0) is 18.2 Å². The van der Waals surface area contributed by atoms with Gasteiger partial charge in [0, 0.05) is 30.1 Å². The van der Waals surface area contributed by atoms with Crippen molar-refractivity contribution in [3.8, 4) is 5.75 Å². The second kappa shape index (κ2) is 8.29. The molecule has 0 unspecified atom stereocenters. The summed E-state index contributed by atoms with van der Waals surface area (Å²) in [5, 5.41) is 0.986. The first-order chi connectivity index (χ1) is 9.38. The van der Waals surface area contributed by atoms with Crippen LogP contribution in [0.3, 0.4) is 0 Å². The topological polar surface area (TPSA) is 55.6 Å². The van der Waals surface area contributed by atoms with E-state index in [9.17, 15) is 4.79 Å². The number of rotatable bonds is 7. The summed E-state index contributed by atoms with van der Waals surface area (Å²) in [5.41, 5.74) is 5.39. The lowest BCUT2D eigenvalue weighted by molar-refractivity contribution is -0.130. The average molecular weight is 335 g/mol. The van der Waals surface area contributed by atoms with Crippen LogP contribution in [0, 0.1) is 0 Å². The van der Waals surface area contributed by atoms with Crippen LogP contribution in [0.4, 0.5) is 0 Å². The van der Waals surface area contributed by atoms with Crippen LogP contribution < -0.4 is 10.5 Å². The third-order valence-electron chi connectivity index (χ3n) is 2.54. The average Bonchev–Trinajstić information content (AvgIpc) is 2.34. The Morgan fingerprint density at radius 2 is 1.90 bits per heavy atom. The molecule has 0 aliphatic heterocycles. The molecule has 0 aliphatic carbocycles. The minimum atomic E-state index is -0.0330. The molecule has 0 aliphatic rings. The van der Waals surface area contributed by atoms with Gasteiger partial charge in [0.2, 0.25) is 5.91 Å². The zero-order valence-corrected chi connectivity index (χ0v) is 13.4. The van der Waals surface area contributed by atoms with E-state index < -0.39 is 0 Å². The molecule has 1 amide bonds. The second-order valence-electron chi connectivity index (χ2n) is 4.24. The van der Waals surface area contributed by atoms with E-state index in [4.69, 9.17) is 45.9 Å². The molecule has 1 rings (SSSR count). The molecule has 0 spiro atoms. The van der Waals surface area contributed by atoms with Gasteiger partial charge in [-0.1, -0.05) is 35.4 Å². The van der Waals surface area contributed by atoms with Gasteiger partial charge in [-0.2, -0.15) is 0 Å². The fraction of sp³-hybridized carbons (Fsp3) is 0.385. The molecule has 0 saturated carbocycles. The van der Waals surface area contributed by atoms with E-state index in [1.807, 2.05) is 0 Å². The Morgan fingerprint density at radius 3 is 2.45 bits per heavy atom. The molecule has 20 heavy (non-hydrogen) atoms. The number of halogens is 2. The van der Waals surface area contributed by atoms with Crippen molar-refractivity contribution in [2.45, 2.75) is 12.8 Å². The van der Waals surface area contributed by atoms with E-state index in [2.05, 4.69) is 0 Å². The Balaban J connectivity index is 2.36. The molecule has 1 aromatic rings. The molecule has 0 saturated heterocycles. The second-order valence-corrected chi connectivity index (χ2v) is 5.63. The molecule has 4 nitrogen and oxygen atoms in total. The van der Waals surface area contributed by atoms with Crippen molar-refractivity contribution >= 4 is 46.3 Å². The van der Waals surface area contributed by atoms with Crippen molar-refractivity contribution in [1.29, 1.82) is 0 Å². The molecular weight excluding hydrogens is 319 g/mol. The van der Waals surface area contributed by atoms with Crippen molar-refractivity contribution in [3.63, 3.8) is 0 Å². The fourth-order valence-electron chi connectivity index (χ4n) is 1.46. The largest absolute Gasteiger partial charge is 0.493 e. The first kappa shape index (κ1) is 17.0. The summed E-state index contributed by atoms with van der Waals surface area (Å²) in [6, 6.07) is 4.91. The molecule has 7 heteroatoms. The minimum Gasteiger partial charge on any atom is -0.493 e. The van der Waals surface area contributed by atoms with Crippen LogP contribution >= 0.6 is 35.4 Å². The van der Waals surface area contributed by atoms with Crippen molar-refractivity contribution < 1.29 is 9.53 Å². The number of amides is 1. The highest BCUT2D eigenvalue weighted by molar-refractivity contribution is 7.80. The van der Waals surface area contributed by atoms with E-state index in [0.29, 0.717) is 33.7 Å². The van der Waals surface area contributed by atoms with Crippen LogP contribution in [0.2, 0.25) is 10.0 Å². The molecule has 0 atom stereocenters. The monoisotopic (exact) mass is 334 g/mol. The maximum absolute atomic E-state index is 11.8. The highest BCUT2D eigenvalue weighted by Crippen LogP contribution is 2.24. The van der Waals surface area contributed by atoms with E-state index in [-0.39, 0.29) is 18.9 Å². The highest BCUT2D eigenvalue weighted by atomic mass is 35.5. The van der Waals surface area contributed by atoms with Gasteiger partial charge in [0.25, 0.3) is 0 Å². The summed E-state index contributed by atoms with van der Waals surface area (Å²) in [7, 11) is 1.71. The summed E-state index contributed by atoms with van der Waals surface area (Å²) in [6.07, 6.45) is 0.778. The molecule has 0 fully saturated rings. The van der Waals surface area contributed by atoms with Gasteiger partial charge in [0.15, 0.2) is 0 Å². The van der Waals surface area contributed by atoms with Gasteiger partial charge in [-0.25, -0.2) is 0 Å². The number of nitrogens with zero attached hydrogens (tertiary/aromatic N) is 1. The Bertz CT molecular complexity index is 477. The zero-order valence-electron chi connectivity index (χ0n) is 11.1. The SMILES string of the molecule is CN(CCC(N)=S)C(=O)CCOc1cc(Cl)cc(Cl)c1. The lowest BCUT2D eigenvalue weighted by atomic mass is 10.3. The van der Waals surface area contributed by atoms with Gasteiger partial charge in [0.05, 0.1) is 18.0 Å². The predicted molar refractivity (Wildman–Crippen MR) is 85.6 cm³/mol. The van der Waals surface area contributed by atoms with Crippen LogP contribution in [-0.4, -0.2) is 36.0 Å². The zero-order chi connectivity index (χ0) is 15.1. The van der Waals surface area contributed by atoms with E-state index in [0.717, 1.165) is 0 Å². The van der Waals surface area contributed by atoms with Crippen LogP contribution in [0.1, 0.15) is 12.8 Å². The standard InChI is InChI=1S/C13H16Cl2N2O2S/c1-17(4-2-12(16)20)13(18)3-5-19-11-7-9(14)6-10(15)8-11/h6-8H,2-5H2,1H3,(H2,16,20). The minimum absolute atomic E-state index is 0.0330. The van der Waals surface area contributed by atoms with Gasteiger partial charge in [-0.15, -0.1) is 0 Å². The molecule has 110 valence electrons. The lowest BCUT2D eigenvalue weighted by Crippen LogP contribution is -2.30. The number of carbonyl (C=O) groups is 1. The van der Waals surface area contributed by atoms with Crippen molar-refractivity contribution in [1.82, 2.24) is 4.90 Å².